The molecule has 13 heteroatoms. The van der Waals surface area contributed by atoms with Gasteiger partial charge in [-0.1, -0.05) is 81.7 Å². The highest BCUT2D eigenvalue weighted by molar-refractivity contribution is 6.16. The SMILES string of the molecule is CN[C@@H](Cc1ccccc1)C(=O)N[C@@H](CCCCN)C(=O)N1CCC[C@H]1C(=O)C(C(=O)[C@H](N)CC1CCCCC1)(C1CCCCC1)[C@H](N)C(=O)NC1CCC(N)CC1. The van der Waals surface area contributed by atoms with Crippen molar-refractivity contribution in [3.05, 3.63) is 35.9 Å². The second kappa shape index (κ2) is 22.4. The molecule has 5 rings (SSSR count). The third kappa shape index (κ3) is 11.3. The van der Waals surface area contributed by atoms with E-state index in [2.05, 4.69) is 16.0 Å². The molecule has 4 aliphatic rings. The van der Waals surface area contributed by atoms with Gasteiger partial charge in [-0.2, -0.15) is 0 Å². The normalized spacial score (nSPS) is 25.2. The molecule has 0 aromatic heterocycles. The molecule has 324 valence electrons. The Kier molecular flexibility index (Phi) is 17.7. The summed E-state index contributed by atoms with van der Waals surface area (Å²) in [5, 5.41) is 9.27. The number of nitrogens with one attached hydrogen (secondary N) is 3. The molecule has 1 aromatic carbocycles. The second-order valence-electron chi connectivity index (χ2n) is 17.9. The highest BCUT2D eigenvalue weighted by atomic mass is 16.2. The maximum absolute atomic E-state index is 15.8. The van der Waals surface area contributed by atoms with E-state index in [9.17, 15) is 14.4 Å². The Morgan fingerprint density at radius 3 is 2.09 bits per heavy atom. The van der Waals surface area contributed by atoms with Crippen molar-refractivity contribution in [1.82, 2.24) is 20.9 Å². The van der Waals surface area contributed by atoms with E-state index in [0.29, 0.717) is 77.2 Å². The molecule has 3 aliphatic carbocycles. The van der Waals surface area contributed by atoms with Gasteiger partial charge in [0, 0.05) is 18.6 Å². The van der Waals surface area contributed by atoms with Crippen LogP contribution in [0.5, 0.6) is 0 Å². The molecule has 1 aromatic rings. The molecule has 3 amide bonds. The number of nitrogens with zero attached hydrogens (tertiary/aromatic N) is 1. The van der Waals surface area contributed by atoms with Crippen LogP contribution in [-0.2, 0) is 30.4 Å². The Morgan fingerprint density at radius 2 is 1.45 bits per heavy atom. The monoisotopic (exact) mass is 807 g/mol. The number of ketones is 2. The predicted octanol–water partition coefficient (Wildman–Crippen LogP) is 3.14. The Morgan fingerprint density at radius 1 is 0.793 bits per heavy atom. The van der Waals surface area contributed by atoms with Crippen LogP contribution in [0.3, 0.4) is 0 Å². The number of nitrogens with two attached hydrogens (primary N) is 4. The second-order valence-corrected chi connectivity index (χ2v) is 17.9. The summed E-state index contributed by atoms with van der Waals surface area (Å²) in [6.07, 6.45) is 15.2. The van der Waals surface area contributed by atoms with Gasteiger partial charge in [0.1, 0.15) is 17.5 Å². The summed E-state index contributed by atoms with van der Waals surface area (Å²) in [4.78, 5) is 75.9. The van der Waals surface area contributed by atoms with Crippen LogP contribution in [0.4, 0.5) is 0 Å². The number of Topliss-reactive ketones (excluding diaryl/α,β-unsaturated/α-hetero) is 2. The molecule has 1 saturated heterocycles. The third-order valence-electron chi connectivity index (χ3n) is 14.0. The molecule has 0 bridgehead atoms. The molecule has 3 saturated carbocycles. The lowest BCUT2D eigenvalue weighted by atomic mass is 9.57. The first-order chi connectivity index (χ1) is 28.0. The molecular formula is C45H74N8O5. The van der Waals surface area contributed by atoms with Crippen molar-refractivity contribution in [3.8, 4) is 0 Å². The molecule has 6 atom stereocenters. The Balaban J connectivity index is 1.48. The van der Waals surface area contributed by atoms with E-state index in [-0.39, 0.29) is 36.4 Å². The minimum atomic E-state index is -1.91. The van der Waals surface area contributed by atoms with Crippen LogP contribution in [0.2, 0.25) is 0 Å². The average Bonchev–Trinajstić information content (AvgIpc) is 3.74. The molecule has 1 heterocycles. The van der Waals surface area contributed by atoms with Gasteiger partial charge in [-0.05, 0) is 114 Å². The number of benzene rings is 1. The minimum Gasteiger partial charge on any atom is -0.352 e. The van der Waals surface area contributed by atoms with Crippen molar-refractivity contribution in [1.29, 1.82) is 0 Å². The summed E-state index contributed by atoms with van der Waals surface area (Å²) >= 11 is 0. The Bertz CT molecular complexity index is 1490. The number of unbranched alkanes of at least 4 members (excludes halogenated alkanes) is 1. The van der Waals surface area contributed by atoms with Gasteiger partial charge >= 0.3 is 0 Å². The summed E-state index contributed by atoms with van der Waals surface area (Å²) in [5.41, 5.74) is 25.2. The summed E-state index contributed by atoms with van der Waals surface area (Å²) in [6, 6.07) is 4.64. The fourth-order valence-corrected chi connectivity index (χ4v) is 10.6. The first-order valence-corrected chi connectivity index (χ1v) is 22.7. The average molecular weight is 807 g/mol. The van der Waals surface area contributed by atoms with Gasteiger partial charge in [0.2, 0.25) is 17.7 Å². The quantitative estimate of drug-likeness (QED) is 0.0752. The van der Waals surface area contributed by atoms with Gasteiger partial charge in [-0.15, -0.1) is 0 Å². The Hall–Kier alpha value is -3.23. The fraction of sp³-hybridized carbons (Fsp3) is 0.756. The van der Waals surface area contributed by atoms with Gasteiger partial charge in [0.05, 0.1) is 18.1 Å². The zero-order valence-electron chi connectivity index (χ0n) is 35.1. The topological polar surface area (TPSA) is 229 Å². The highest BCUT2D eigenvalue weighted by Gasteiger charge is 2.62. The number of likely N-dealkylation sites (tertiary alicyclic amines) is 1. The molecule has 4 fully saturated rings. The number of rotatable bonds is 20. The van der Waals surface area contributed by atoms with Crippen LogP contribution in [0.1, 0.15) is 134 Å². The zero-order valence-corrected chi connectivity index (χ0v) is 35.1. The van der Waals surface area contributed by atoms with Gasteiger partial charge in [-0.25, -0.2) is 0 Å². The summed E-state index contributed by atoms with van der Waals surface area (Å²) in [6.45, 7) is 0.721. The van der Waals surface area contributed by atoms with Crippen LogP contribution >= 0.6 is 0 Å². The van der Waals surface area contributed by atoms with Crippen LogP contribution in [0.15, 0.2) is 30.3 Å². The van der Waals surface area contributed by atoms with E-state index in [0.717, 1.165) is 69.8 Å². The third-order valence-corrected chi connectivity index (χ3v) is 14.0. The number of hydrogen-bond donors (Lipinski definition) is 7. The maximum Gasteiger partial charge on any atom is 0.245 e. The van der Waals surface area contributed by atoms with Crippen LogP contribution in [0, 0.1) is 17.3 Å². The lowest BCUT2D eigenvalue weighted by Gasteiger charge is -2.47. The highest BCUT2D eigenvalue weighted by Crippen LogP contribution is 2.46. The van der Waals surface area contributed by atoms with Gasteiger partial charge in [0.25, 0.3) is 0 Å². The van der Waals surface area contributed by atoms with E-state index in [1.54, 1.807) is 11.9 Å². The van der Waals surface area contributed by atoms with Crippen LogP contribution in [-0.4, -0.2) is 96.6 Å². The number of carbonyl (C=O) groups is 5. The number of likely N-dealkylation sites (N-methyl/N-ethyl adjacent to an activating group) is 1. The van der Waals surface area contributed by atoms with E-state index < -0.39 is 59.0 Å². The summed E-state index contributed by atoms with van der Waals surface area (Å²) < 4.78 is 0. The minimum absolute atomic E-state index is 0.0758. The van der Waals surface area contributed by atoms with E-state index in [1.165, 1.54) is 0 Å². The zero-order chi connectivity index (χ0) is 41.7. The van der Waals surface area contributed by atoms with Crippen molar-refractivity contribution in [3.63, 3.8) is 0 Å². The molecule has 1 aliphatic heterocycles. The van der Waals surface area contributed by atoms with Crippen molar-refractivity contribution in [2.45, 2.75) is 177 Å². The fourth-order valence-electron chi connectivity index (χ4n) is 10.6. The first-order valence-electron chi connectivity index (χ1n) is 22.7. The smallest absolute Gasteiger partial charge is 0.245 e. The summed E-state index contributed by atoms with van der Waals surface area (Å²) in [5.74, 6) is -2.36. The van der Waals surface area contributed by atoms with E-state index in [4.69, 9.17) is 22.9 Å². The predicted molar refractivity (Wildman–Crippen MR) is 227 cm³/mol. The van der Waals surface area contributed by atoms with Gasteiger partial charge in [0.15, 0.2) is 11.6 Å². The van der Waals surface area contributed by atoms with Crippen LogP contribution < -0.4 is 38.9 Å². The van der Waals surface area contributed by atoms with Crippen molar-refractivity contribution < 1.29 is 24.0 Å². The molecule has 1 unspecified atom stereocenters. The largest absolute Gasteiger partial charge is 0.352 e. The van der Waals surface area contributed by atoms with Gasteiger partial charge in [-0.3, -0.25) is 24.0 Å². The van der Waals surface area contributed by atoms with Crippen molar-refractivity contribution >= 4 is 29.3 Å². The van der Waals surface area contributed by atoms with Crippen LogP contribution in [0.25, 0.3) is 0 Å². The molecular weight excluding hydrogens is 733 g/mol. The molecule has 0 spiro atoms. The number of hydrogen-bond acceptors (Lipinski definition) is 10. The molecule has 0 radical (unpaired) electrons. The standard InChI is InChI=1S/C45H74N8O5/c1-50-37(29-31-16-7-3-8-17-31)42(56)52-36(20-11-12-26-46)44(58)53-27-13-21-38(53)41(55)45(32-18-9-4-10-19-32,40(54)35(48)28-30-14-5-2-6-15-30)39(49)43(57)51-34-24-22-33(47)23-25-34/h3,7-8,16-17,30,32-39,50H,2,4-6,9-15,18-29,46-49H2,1H3,(H,51,57)(H,52,56)/t33?,34?,35-,36+,37+,38+,39-,45?/m1/s1. The van der Waals surface area contributed by atoms with E-state index >= 15 is 9.59 Å². The molecule has 58 heavy (non-hydrogen) atoms. The molecule has 11 N–H and O–H groups in total. The Labute approximate surface area is 346 Å². The number of amides is 3. The van der Waals surface area contributed by atoms with Crippen molar-refractivity contribution in [2.24, 2.45) is 40.2 Å². The van der Waals surface area contributed by atoms with Crippen molar-refractivity contribution in [2.75, 3.05) is 20.1 Å². The first kappa shape index (κ1) is 45.8. The number of carbonyl (C=O) groups excluding carboxylic acids is 5. The lowest BCUT2D eigenvalue weighted by Crippen LogP contribution is -2.69. The molecule has 13 nitrogen and oxygen atoms in total. The van der Waals surface area contributed by atoms with Gasteiger partial charge < -0.3 is 43.8 Å². The lowest BCUT2D eigenvalue weighted by molar-refractivity contribution is -0.158. The summed E-state index contributed by atoms with van der Waals surface area (Å²) in [7, 11) is 1.72. The maximum atomic E-state index is 15.8. The van der Waals surface area contributed by atoms with E-state index in [1.807, 2.05) is 30.3 Å².